The van der Waals surface area contributed by atoms with Gasteiger partial charge in [0.25, 0.3) is 0 Å². The molecule has 0 aliphatic carbocycles. The number of aryl methyl sites for hydroxylation is 1. The number of fused-ring (bicyclic) bond motifs is 1. The maximum absolute atomic E-state index is 11.7. The van der Waals surface area contributed by atoms with Crippen LogP contribution >= 0.6 is 11.3 Å². The van der Waals surface area contributed by atoms with Gasteiger partial charge in [-0.1, -0.05) is 12.1 Å². The van der Waals surface area contributed by atoms with Gasteiger partial charge in [0, 0.05) is 23.1 Å². The first kappa shape index (κ1) is 17.5. The van der Waals surface area contributed by atoms with Crippen molar-refractivity contribution in [3.05, 3.63) is 47.3 Å². The highest BCUT2D eigenvalue weighted by Gasteiger charge is 2.17. The standard InChI is InChI=1S/C21H20N2O3S/c1-25-18-7-4-6-15(20(18)26-2)21-23-17(12-27-21)14-9-10-16-13(11-14)5-3-8-19(24)22-16/h4,6-7,9-12H,3,5,8H2,1-2H3,(H,22,24). The van der Waals surface area contributed by atoms with Gasteiger partial charge >= 0.3 is 0 Å². The monoisotopic (exact) mass is 380 g/mol. The normalized spacial score (nSPS) is 13.5. The minimum absolute atomic E-state index is 0.0857. The molecule has 4 rings (SSSR count). The molecule has 0 fully saturated rings. The van der Waals surface area contributed by atoms with Gasteiger partial charge in [0.15, 0.2) is 11.5 Å². The number of amides is 1. The number of benzene rings is 2. The number of thiazole rings is 1. The molecule has 0 saturated carbocycles. The molecule has 0 spiro atoms. The smallest absolute Gasteiger partial charge is 0.224 e. The van der Waals surface area contributed by atoms with Crippen molar-refractivity contribution in [2.45, 2.75) is 19.3 Å². The van der Waals surface area contributed by atoms with Crippen LogP contribution in [0.3, 0.4) is 0 Å². The zero-order valence-electron chi connectivity index (χ0n) is 15.2. The Labute approximate surface area is 162 Å². The summed E-state index contributed by atoms with van der Waals surface area (Å²) < 4.78 is 10.9. The lowest BCUT2D eigenvalue weighted by molar-refractivity contribution is -0.116. The van der Waals surface area contributed by atoms with Crippen molar-refractivity contribution in [1.82, 2.24) is 4.98 Å². The number of ether oxygens (including phenoxy) is 2. The number of aromatic nitrogens is 1. The lowest BCUT2D eigenvalue weighted by Gasteiger charge is -2.10. The summed E-state index contributed by atoms with van der Waals surface area (Å²) in [5, 5.41) is 5.90. The second kappa shape index (κ2) is 7.40. The Morgan fingerprint density at radius 2 is 2.00 bits per heavy atom. The molecule has 3 aromatic rings. The average molecular weight is 380 g/mol. The molecule has 0 atom stereocenters. The summed E-state index contributed by atoms with van der Waals surface area (Å²) in [7, 11) is 3.26. The van der Waals surface area contributed by atoms with Gasteiger partial charge in [-0.05, 0) is 42.7 Å². The minimum atomic E-state index is 0.0857. The SMILES string of the molecule is COc1cccc(-c2nc(-c3ccc4c(c3)CCCC(=O)N4)cs2)c1OC. The van der Waals surface area contributed by atoms with Gasteiger partial charge in [-0.2, -0.15) is 0 Å². The molecule has 0 saturated heterocycles. The van der Waals surface area contributed by atoms with E-state index in [-0.39, 0.29) is 5.91 Å². The van der Waals surface area contributed by atoms with E-state index in [1.165, 1.54) is 0 Å². The molecule has 1 aliphatic heterocycles. The first-order valence-electron chi connectivity index (χ1n) is 8.79. The van der Waals surface area contributed by atoms with E-state index in [2.05, 4.69) is 11.4 Å². The topological polar surface area (TPSA) is 60.5 Å². The Morgan fingerprint density at radius 1 is 1.11 bits per heavy atom. The van der Waals surface area contributed by atoms with E-state index >= 15 is 0 Å². The number of carbonyl (C=O) groups is 1. The summed E-state index contributed by atoms with van der Waals surface area (Å²) in [5.74, 6) is 1.46. The highest BCUT2D eigenvalue weighted by Crippen LogP contribution is 2.40. The molecule has 1 N–H and O–H groups in total. The summed E-state index contributed by atoms with van der Waals surface area (Å²) in [6.07, 6.45) is 2.33. The number of nitrogens with zero attached hydrogens (tertiary/aromatic N) is 1. The van der Waals surface area contributed by atoms with E-state index in [1.807, 2.05) is 35.7 Å². The van der Waals surface area contributed by atoms with Gasteiger partial charge in [-0.3, -0.25) is 4.79 Å². The second-order valence-electron chi connectivity index (χ2n) is 6.35. The summed E-state index contributed by atoms with van der Waals surface area (Å²) in [5.41, 5.74) is 4.95. The molecule has 1 amide bonds. The Kier molecular flexibility index (Phi) is 4.81. The van der Waals surface area contributed by atoms with Crippen LogP contribution in [0.2, 0.25) is 0 Å². The maximum atomic E-state index is 11.7. The van der Waals surface area contributed by atoms with Crippen LogP contribution < -0.4 is 14.8 Å². The molecule has 27 heavy (non-hydrogen) atoms. The van der Waals surface area contributed by atoms with Gasteiger partial charge < -0.3 is 14.8 Å². The number of hydrogen-bond donors (Lipinski definition) is 1. The Bertz CT molecular complexity index is 997. The third-order valence-corrected chi connectivity index (χ3v) is 5.54. The zero-order chi connectivity index (χ0) is 18.8. The van der Waals surface area contributed by atoms with E-state index in [0.29, 0.717) is 17.9 Å². The van der Waals surface area contributed by atoms with Crippen molar-refractivity contribution in [1.29, 1.82) is 0 Å². The number of rotatable bonds is 4. The minimum Gasteiger partial charge on any atom is -0.493 e. The van der Waals surface area contributed by atoms with Crippen molar-refractivity contribution >= 4 is 22.9 Å². The highest BCUT2D eigenvalue weighted by atomic mass is 32.1. The molecular weight excluding hydrogens is 360 g/mol. The van der Waals surface area contributed by atoms with Crippen molar-refractivity contribution in [2.75, 3.05) is 19.5 Å². The Morgan fingerprint density at radius 3 is 2.81 bits per heavy atom. The van der Waals surface area contributed by atoms with Crippen molar-refractivity contribution in [2.24, 2.45) is 0 Å². The number of hydrogen-bond acceptors (Lipinski definition) is 5. The Balaban J connectivity index is 1.70. The molecule has 1 aliphatic rings. The molecule has 138 valence electrons. The zero-order valence-corrected chi connectivity index (χ0v) is 16.1. The third-order valence-electron chi connectivity index (χ3n) is 4.66. The van der Waals surface area contributed by atoms with Crippen molar-refractivity contribution < 1.29 is 14.3 Å². The lowest BCUT2D eigenvalue weighted by Crippen LogP contribution is -2.09. The largest absolute Gasteiger partial charge is 0.493 e. The van der Waals surface area contributed by atoms with Gasteiger partial charge in [0.05, 0.1) is 25.5 Å². The molecule has 5 nitrogen and oxygen atoms in total. The fourth-order valence-electron chi connectivity index (χ4n) is 3.32. The van der Waals surface area contributed by atoms with Crippen molar-refractivity contribution in [3.63, 3.8) is 0 Å². The summed E-state index contributed by atoms with van der Waals surface area (Å²) in [4.78, 5) is 16.5. The molecule has 0 bridgehead atoms. The van der Waals surface area contributed by atoms with E-state index < -0.39 is 0 Å². The summed E-state index contributed by atoms with van der Waals surface area (Å²) >= 11 is 1.57. The fraction of sp³-hybridized carbons (Fsp3) is 0.238. The van der Waals surface area contributed by atoms with E-state index in [4.69, 9.17) is 14.5 Å². The van der Waals surface area contributed by atoms with Crippen LogP contribution in [-0.4, -0.2) is 25.1 Å². The molecular formula is C21H20N2O3S. The number of para-hydroxylation sites is 1. The van der Waals surface area contributed by atoms with Crippen molar-refractivity contribution in [3.8, 4) is 33.3 Å². The van der Waals surface area contributed by atoms with Crippen LogP contribution in [0.5, 0.6) is 11.5 Å². The first-order chi connectivity index (χ1) is 13.2. The predicted molar refractivity (Wildman–Crippen MR) is 108 cm³/mol. The van der Waals surface area contributed by atoms with Crippen LogP contribution in [0.4, 0.5) is 5.69 Å². The number of methoxy groups -OCH3 is 2. The van der Waals surface area contributed by atoms with Gasteiger partial charge in [-0.15, -0.1) is 11.3 Å². The maximum Gasteiger partial charge on any atom is 0.224 e. The molecule has 0 unspecified atom stereocenters. The van der Waals surface area contributed by atoms with Gasteiger partial charge in [0.1, 0.15) is 5.01 Å². The quantitative estimate of drug-likeness (QED) is 0.708. The number of carbonyl (C=O) groups excluding carboxylic acids is 1. The molecule has 2 heterocycles. The first-order valence-corrected chi connectivity index (χ1v) is 9.67. The van der Waals surface area contributed by atoms with Gasteiger partial charge in [0.2, 0.25) is 5.91 Å². The predicted octanol–water partition coefficient (Wildman–Crippen LogP) is 4.77. The summed E-state index contributed by atoms with van der Waals surface area (Å²) in [6, 6.07) is 11.9. The van der Waals surface area contributed by atoms with Crippen LogP contribution in [0.25, 0.3) is 21.8 Å². The third kappa shape index (κ3) is 3.40. The van der Waals surface area contributed by atoms with Crippen LogP contribution in [0, 0.1) is 0 Å². The molecule has 1 aromatic heterocycles. The number of nitrogens with one attached hydrogen (secondary N) is 1. The molecule has 0 radical (unpaired) electrons. The van der Waals surface area contributed by atoms with E-state index in [0.717, 1.165) is 45.9 Å². The summed E-state index contributed by atoms with van der Waals surface area (Å²) in [6.45, 7) is 0. The average Bonchev–Trinajstić information content (AvgIpc) is 3.10. The van der Waals surface area contributed by atoms with Crippen LogP contribution in [0.15, 0.2) is 41.8 Å². The highest BCUT2D eigenvalue weighted by molar-refractivity contribution is 7.13. The Hall–Kier alpha value is -2.86. The molecule has 6 heteroatoms. The second-order valence-corrected chi connectivity index (χ2v) is 7.21. The fourth-order valence-corrected chi connectivity index (χ4v) is 4.17. The van der Waals surface area contributed by atoms with E-state index in [1.54, 1.807) is 25.6 Å². The molecule has 2 aromatic carbocycles. The van der Waals surface area contributed by atoms with Gasteiger partial charge in [-0.25, -0.2) is 4.98 Å². The van der Waals surface area contributed by atoms with Crippen LogP contribution in [0.1, 0.15) is 18.4 Å². The van der Waals surface area contributed by atoms with E-state index in [9.17, 15) is 4.79 Å². The van der Waals surface area contributed by atoms with Crippen LogP contribution in [-0.2, 0) is 11.2 Å². The lowest BCUT2D eigenvalue weighted by atomic mass is 10.0. The number of anilines is 1.